The fraction of sp³-hybridized carbons (Fsp3) is 0.300. The van der Waals surface area contributed by atoms with Gasteiger partial charge in [-0.1, -0.05) is 49.1 Å². The van der Waals surface area contributed by atoms with Crippen molar-refractivity contribution in [2.24, 2.45) is 5.73 Å². The van der Waals surface area contributed by atoms with E-state index in [-0.39, 0.29) is 5.75 Å². The second kappa shape index (κ2) is 10.6. The molecule has 1 aliphatic heterocycles. The number of nitrogens with one attached hydrogen (secondary N) is 1. The average molecular weight is 361 g/mol. The lowest BCUT2D eigenvalue weighted by molar-refractivity contribution is 0.239. The minimum atomic E-state index is 0.245. The highest BCUT2D eigenvalue weighted by molar-refractivity contribution is 6.30. The molecule has 4 rings (SSSR count). The second-order valence-corrected chi connectivity index (χ2v) is 6.40. The van der Waals surface area contributed by atoms with Gasteiger partial charge in [0.2, 0.25) is 0 Å². The fourth-order valence-electron chi connectivity index (χ4n) is 2.51. The maximum absolute atomic E-state index is 8.70. The Morgan fingerprint density at radius 2 is 1.68 bits per heavy atom. The molecule has 0 radical (unpaired) electrons. The van der Waals surface area contributed by atoms with Crippen LogP contribution < -0.4 is 16.1 Å². The van der Waals surface area contributed by atoms with Gasteiger partial charge in [-0.05, 0) is 49.2 Å². The molecule has 1 fully saturated rings. The van der Waals surface area contributed by atoms with E-state index in [2.05, 4.69) is 5.48 Å². The number of hydroxylamine groups is 1. The summed E-state index contributed by atoms with van der Waals surface area (Å²) in [5, 5.41) is 9.34. The van der Waals surface area contributed by atoms with Crippen molar-refractivity contribution in [2.75, 3.05) is 0 Å². The third-order valence-corrected chi connectivity index (χ3v) is 4.15. The van der Waals surface area contributed by atoms with Gasteiger partial charge >= 0.3 is 0 Å². The highest BCUT2D eigenvalue weighted by atomic mass is 35.5. The lowest BCUT2D eigenvalue weighted by atomic mass is 9.97. The summed E-state index contributed by atoms with van der Waals surface area (Å²) in [5.41, 5.74) is 9.41. The van der Waals surface area contributed by atoms with E-state index in [9.17, 15) is 0 Å². The Morgan fingerprint density at radius 1 is 1.00 bits per heavy atom. The first kappa shape index (κ1) is 19.2. The number of para-hydroxylation sites is 1. The molecule has 0 aromatic heterocycles. The number of halogens is 1. The van der Waals surface area contributed by atoms with Crippen molar-refractivity contribution >= 4 is 17.7 Å². The zero-order chi connectivity index (χ0) is 17.9. The predicted molar refractivity (Wildman–Crippen MR) is 103 cm³/mol. The molecule has 2 aliphatic rings. The minimum Gasteiger partial charge on any atom is -0.508 e. The Hall–Kier alpha value is -2.17. The SMILES string of the molecule is C1=Cc2ccccc2ON1.NC1CCCCC1.Oc1ccc(Cl)cc1. The Bertz CT molecular complexity index is 632. The monoisotopic (exact) mass is 360 g/mol. The maximum atomic E-state index is 8.70. The van der Waals surface area contributed by atoms with Gasteiger partial charge in [0.15, 0.2) is 5.75 Å². The summed E-state index contributed by atoms with van der Waals surface area (Å²) >= 11 is 5.50. The Kier molecular flexibility index (Phi) is 8.16. The zero-order valence-corrected chi connectivity index (χ0v) is 15.0. The molecule has 0 saturated heterocycles. The van der Waals surface area contributed by atoms with Gasteiger partial charge in [-0.25, -0.2) is 5.48 Å². The van der Waals surface area contributed by atoms with Crippen molar-refractivity contribution in [2.45, 2.75) is 38.1 Å². The van der Waals surface area contributed by atoms with E-state index in [1.54, 1.807) is 30.5 Å². The lowest BCUT2D eigenvalue weighted by Gasteiger charge is -2.15. The molecular formula is C20H25ClN2O2. The summed E-state index contributed by atoms with van der Waals surface area (Å²) in [4.78, 5) is 5.09. The van der Waals surface area contributed by atoms with E-state index in [4.69, 9.17) is 27.3 Å². The molecule has 5 heteroatoms. The first-order valence-corrected chi connectivity index (χ1v) is 8.91. The molecule has 0 atom stereocenters. The number of hydrogen-bond acceptors (Lipinski definition) is 4. The van der Waals surface area contributed by atoms with Crippen LogP contribution in [0.3, 0.4) is 0 Å². The molecule has 4 nitrogen and oxygen atoms in total. The smallest absolute Gasteiger partial charge is 0.162 e. The van der Waals surface area contributed by atoms with Gasteiger partial charge in [0.1, 0.15) is 5.75 Å². The van der Waals surface area contributed by atoms with E-state index in [1.807, 2.05) is 30.3 Å². The Labute approximate surface area is 154 Å². The topological polar surface area (TPSA) is 67.5 Å². The van der Waals surface area contributed by atoms with E-state index >= 15 is 0 Å². The summed E-state index contributed by atoms with van der Waals surface area (Å²) in [6.07, 6.45) is 10.4. The normalized spacial score (nSPS) is 15.3. The molecular weight excluding hydrogens is 336 g/mol. The number of nitrogens with two attached hydrogens (primary N) is 1. The van der Waals surface area contributed by atoms with Crippen molar-refractivity contribution < 1.29 is 9.94 Å². The van der Waals surface area contributed by atoms with Crippen molar-refractivity contribution in [3.05, 3.63) is 65.3 Å². The van der Waals surface area contributed by atoms with Gasteiger partial charge in [0.05, 0.1) is 0 Å². The van der Waals surface area contributed by atoms with Crippen molar-refractivity contribution in [3.8, 4) is 11.5 Å². The molecule has 4 N–H and O–H groups in total. The molecule has 2 aromatic rings. The molecule has 0 bridgehead atoms. The third kappa shape index (κ3) is 7.50. The lowest BCUT2D eigenvalue weighted by Crippen LogP contribution is -2.22. The summed E-state index contributed by atoms with van der Waals surface area (Å²) in [5.74, 6) is 1.12. The van der Waals surface area contributed by atoms with Crippen LogP contribution in [0.15, 0.2) is 54.7 Å². The molecule has 0 amide bonds. The summed E-state index contributed by atoms with van der Waals surface area (Å²) in [6.45, 7) is 0. The minimum absolute atomic E-state index is 0.245. The summed E-state index contributed by atoms with van der Waals surface area (Å²) in [7, 11) is 0. The van der Waals surface area contributed by atoms with Gasteiger partial charge in [-0.3, -0.25) is 0 Å². The number of phenols is 1. The molecule has 25 heavy (non-hydrogen) atoms. The van der Waals surface area contributed by atoms with Crippen molar-refractivity contribution in [3.63, 3.8) is 0 Å². The summed E-state index contributed by atoms with van der Waals surface area (Å²) in [6, 6.07) is 14.8. The molecule has 1 heterocycles. The van der Waals surface area contributed by atoms with Crippen LogP contribution >= 0.6 is 11.6 Å². The standard InChI is InChI=1S/C8H7NO.C6H5ClO.C6H13N/c1-2-4-8-7(3-1)5-6-9-10-8;7-5-1-3-6(8)4-2-5;7-6-4-2-1-3-5-6/h1-6,9H;1-4,8H;6H,1-5,7H2. The summed E-state index contributed by atoms with van der Waals surface area (Å²) < 4.78 is 0. The Morgan fingerprint density at radius 3 is 2.24 bits per heavy atom. The molecule has 0 spiro atoms. The van der Waals surface area contributed by atoms with E-state index < -0.39 is 0 Å². The largest absolute Gasteiger partial charge is 0.508 e. The number of benzene rings is 2. The number of hydrogen-bond donors (Lipinski definition) is 3. The van der Waals surface area contributed by atoms with E-state index in [0.29, 0.717) is 11.1 Å². The maximum Gasteiger partial charge on any atom is 0.162 e. The van der Waals surface area contributed by atoms with Crippen LogP contribution in [0.25, 0.3) is 6.08 Å². The number of aromatic hydroxyl groups is 1. The molecule has 134 valence electrons. The van der Waals surface area contributed by atoms with Gasteiger partial charge in [0, 0.05) is 22.8 Å². The van der Waals surface area contributed by atoms with Crippen LogP contribution in [0.5, 0.6) is 11.5 Å². The van der Waals surface area contributed by atoms with Crippen molar-refractivity contribution in [1.29, 1.82) is 0 Å². The number of rotatable bonds is 0. The molecule has 1 aliphatic carbocycles. The van der Waals surface area contributed by atoms with Gasteiger partial charge < -0.3 is 15.7 Å². The highest BCUT2D eigenvalue weighted by Gasteiger charge is 2.06. The van der Waals surface area contributed by atoms with Gasteiger partial charge in [-0.15, -0.1) is 0 Å². The predicted octanol–water partition coefficient (Wildman–Crippen LogP) is 4.88. The van der Waals surface area contributed by atoms with Crippen LogP contribution in [0.1, 0.15) is 37.7 Å². The van der Waals surface area contributed by atoms with Gasteiger partial charge in [-0.2, -0.15) is 0 Å². The highest BCUT2D eigenvalue weighted by Crippen LogP contribution is 2.20. The van der Waals surface area contributed by atoms with Crippen LogP contribution in [-0.4, -0.2) is 11.1 Å². The molecule has 2 aromatic carbocycles. The van der Waals surface area contributed by atoms with Crippen LogP contribution in [0.4, 0.5) is 0 Å². The number of phenolic OH excluding ortho intramolecular Hbond substituents is 1. The van der Waals surface area contributed by atoms with Gasteiger partial charge in [0.25, 0.3) is 0 Å². The van der Waals surface area contributed by atoms with Crippen molar-refractivity contribution in [1.82, 2.24) is 5.48 Å². The number of fused-ring (bicyclic) bond motifs is 1. The van der Waals surface area contributed by atoms with Crippen LogP contribution in [-0.2, 0) is 0 Å². The fourth-order valence-corrected chi connectivity index (χ4v) is 2.63. The van der Waals surface area contributed by atoms with Crippen LogP contribution in [0, 0.1) is 0 Å². The first-order valence-electron chi connectivity index (χ1n) is 8.53. The average Bonchev–Trinajstić information content (AvgIpc) is 2.66. The first-order chi connectivity index (χ1) is 12.1. The Balaban J connectivity index is 0.000000138. The third-order valence-electron chi connectivity index (χ3n) is 3.90. The zero-order valence-electron chi connectivity index (χ0n) is 14.2. The second-order valence-electron chi connectivity index (χ2n) is 5.97. The molecule has 0 unspecified atom stereocenters. The molecule has 1 saturated carbocycles. The van der Waals surface area contributed by atoms with Crippen LogP contribution in [0.2, 0.25) is 5.02 Å². The quantitative estimate of drug-likeness (QED) is 0.626. The van der Waals surface area contributed by atoms with E-state index in [1.165, 1.54) is 32.1 Å². The van der Waals surface area contributed by atoms with E-state index in [0.717, 1.165) is 11.3 Å².